The van der Waals surface area contributed by atoms with Crippen LogP contribution in [0.3, 0.4) is 0 Å². The Labute approximate surface area is 118 Å². The maximum absolute atomic E-state index is 5.55. The van der Waals surface area contributed by atoms with Crippen molar-refractivity contribution in [1.29, 1.82) is 0 Å². The van der Waals surface area contributed by atoms with Crippen molar-refractivity contribution in [1.82, 2.24) is 4.90 Å². The molecule has 2 aromatic heterocycles. The topological polar surface area (TPSA) is 29.5 Å². The van der Waals surface area contributed by atoms with Gasteiger partial charge >= 0.3 is 0 Å². The fourth-order valence-corrected chi connectivity index (χ4v) is 2.27. The molecule has 1 aromatic carbocycles. The number of rotatable bonds is 5. The molecule has 2 heterocycles. The van der Waals surface area contributed by atoms with Crippen LogP contribution in [-0.2, 0) is 6.54 Å². The summed E-state index contributed by atoms with van der Waals surface area (Å²) in [6, 6.07) is 12.1. The molecule has 20 heavy (non-hydrogen) atoms. The van der Waals surface area contributed by atoms with E-state index in [1.807, 2.05) is 24.3 Å². The van der Waals surface area contributed by atoms with Crippen LogP contribution in [0.4, 0.5) is 0 Å². The van der Waals surface area contributed by atoms with Crippen molar-refractivity contribution >= 4 is 17.0 Å². The minimum Gasteiger partial charge on any atom is -0.465 e. The minimum atomic E-state index is 0.855. The summed E-state index contributed by atoms with van der Waals surface area (Å²) in [4.78, 5) is 2.23. The maximum atomic E-state index is 5.55. The SMILES string of the molecule is CN(C/C=C/c1ccco1)Cc1cccc2ccoc12. The van der Waals surface area contributed by atoms with Crippen LogP contribution in [0.15, 0.2) is 63.8 Å². The first-order valence-electron chi connectivity index (χ1n) is 6.66. The molecule has 102 valence electrons. The lowest BCUT2D eigenvalue weighted by Crippen LogP contribution is -2.17. The first-order chi connectivity index (χ1) is 9.83. The second-order valence-corrected chi connectivity index (χ2v) is 4.87. The molecule has 0 saturated carbocycles. The van der Waals surface area contributed by atoms with Crippen molar-refractivity contribution in [2.24, 2.45) is 0 Å². The first-order valence-corrected chi connectivity index (χ1v) is 6.66. The number of hydrogen-bond donors (Lipinski definition) is 0. The van der Waals surface area contributed by atoms with E-state index in [1.54, 1.807) is 12.5 Å². The molecule has 3 rings (SSSR count). The molecule has 3 aromatic rings. The van der Waals surface area contributed by atoms with Crippen molar-refractivity contribution in [3.05, 3.63) is 66.3 Å². The lowest BCUT2D eigenvalue weighted by molar-refractivity contribution is 0.363. The highest BCUT2D eigenvalue weighted by atomic mass is 16.3. The van der Waals surface area contributed by atoms with E-state index in [0.717, 1.165) is 29.8 Å². The third kappa shape index (κ3) is 2.83. The summed E-state index contributed by atoms with van der Waals surface area (Å²) in [5.74, 6) is 0.881. The van der Waals surface area contributed by atoms with Crippen LogP contribution in [-0.4, -0.2) is 18.5 Å². The lowest BCUT2D eigenvalue weighted by Gasteiger charge is -2.14. The molecule has 0 saturated heterocycles. The predicted octanol–water partition coefficient (Wildman–Crippen LogP) is 4.17. The zero-order valence-corrected chi connectivity index (χ0v) is 11.5. The van der Waals surface area contributed by atoms with Crippen molar-refractivity contribution in [3.8, 4) is 0 Å². The molecule has 0 aliphatic carbocycles. The molecule has 0 bridgehead atoms. The molecule has 3 nitrogen and oxygen atoms in total. The van der Waals surface area contributed by atoms with Gasteiger partial charge in [-0.3, -0.25) is 4.90 Å². The Hall–Kier alpha value is -2.26. The molecule has 0 fully saturated rings. The Morgan fingerprint density at radius 1 is 1.05 bits per heavy atom. The van der Waals surface area contributed by atoms with Crippen LogP contribution in [0, 0.1) is 0 Å². The largest absolute Gasteiger partial charge is 0.465 e. The van der Waals surface area contributed by atoms with Crippen LogP contribution in [0.2, 0.25) is 0 Å². The van der Waals surface area contributed by atoms with Gasteiger partial charge in [0.25, 0.3) is 0 Å². The van der Waals surface area contributed by atoms with Crippen LogP contribution in [0.25, 0.3) is 17.0 Å². The molecule has 3 heteroatoms. The number of furan rings is 2. The summed E-state index contributed by atoms with van der Waals surface area (Å²) in [5, 5.41) is 1.15. The van der Waals surface area contributed by atoms with E-state index in [2.05, 4.69) is 36.2 Å². The average molecular weight is 267 g/mol. The van der Waals surface area contributed by atoms with Crippen molar-refractivity contribution in [3.63, 3.8) is 0 Å². The molecule has 0 aliphatic heterocycles. The number of likely N-dealkylation sites (N-methyl/N-ethyl adjacent to an activating group) is 1. The van der Waals surface area contributed by atoms with E-state index in [1.165, 1.54) is 5.56 Å². The quantitative estimate of drug-likeness (QED) is 0.694. The Kier molecular flexibility index (Phi) is 3.70. The maximum Gasteiger partial charge on any atom is 0.138 e. The number of fused-ring (bicyclic) bond motifs is 1. The summed E-state index contributed by atoms with van der Waals surface area (Å²) in [6.45, 7) is 1.71. The van der Waals surface area contributed by atoms with Gasteiger partial charge in [0.05, 0.1) is 12.5 Å². The normalized spacial score (nSPS) is 11.9. The van der Waals surface area contributed by atoms with Gasteiger partial charge in [0.2, 0.25) is 0 Å². The summed E-state index contributed by atoms with van der Waals surface area (Å²) in [7, 11) is 2.09. The highest BCUT2D eigenvalue weighted by Crippen LogP contribution is 2.20. The standard InChI is InChI=1S/C17H17NO2/c1-18(10-3-7-16-8-4-11-19-16)13-15-6-2-5-14-9-12-20-17(14)15/h2-9,11-12H,10,13H2,1H3/b7-3+. The van der Waals surface area contributed by atoms with E-state index in [4.69, 9.17) is 8.83 Å². The number of nitrogens with zero attached hydrogens (tertiary/aromatic N) is 1. The molecule has 0 atom stereocenters. The molecule has 0 spiro atoms. The molecule has 0 N–H and O–H groups in total. The van der Waals surface area contributed by atoms with Gasteiger partial charge in [0, 0.05) is 24.0 Å². The minimum absolute atomic E-state index is 0.855. The van der Waals surface area contributed by atoms with Crippen LogP contribution >= 0.6 is 0 Å². The number of hydrogen-bond acceptors (Lipinski definition) is 3. The molecule has 0 unspecified atom stereocenters. The van der Waals surface area contributed by atoms with Gasteiger partial charge < -0.3 is 8.83 Å². The third-order valence-electron chi connectivity index (χ3n) is 3.24. The highest BCUT2D eigenvalue weighted by Gasteiger charge is 2.05. The molecule has 0 radical (unpaired) electrons. The van der Waals surface area contributed by atoms with Crippen molar-refractivity contribution in [2.75, 3.05) is 13.6 Å². The summed E-state index contributed by atoms with van der Waals surface area (Å²) in [5.41, 5.74) is 2.19. The predicted molar refractivity (Wildman–Crippen MR) is 80.3 cm³/mol. The number of benzene rings is 1. The summed E-state index contributed by atoms with van der Waals surface area (Å²) < 4.78 is 10.8. The van der Waals surface area contributed by atoms with E-state index in [0.29, 0.717) is 0 Å². The fraction of sp³-hybridized carbons (Fsp3) is 0.176. The Bertz CT molecular complexity index is 695. The van der Waals surface area contributed by atoms with Gasteiger partial charge in [-0.05, 0) is 31.3 Å². The Balaban J connectivity index is 1.64. The van der Waals surface area contributed by atoms with E-state index in [9.17, 15) is 0 Å². The molecular formula is C17H17NO2. The molecule has 0 amide bonds. The van der Waals surface area contributed by atoms with Gasteiger partial charge in [0.15, 0.2) is 0 Å². The fourth-order valence-electron chi connectivity index (χ4n) is 2.27. The molecular weight excluding hydrogens is 250 g/mol. The third-order valence-corrected chi connectivity index (χ3v) is 3.24. The van der Waals surface area contributed by atoms with E-state index in [-0.39, 0.29) is 0 Å². The van der Waals surface area contributed by atoms with E-state index < -0.39 is 0 Å². The summed E-state index contributed by atoms with van der Waals surface area (Å²) >= 11 is 0. The van der Waals surface area contributed by atoms with Crippen molar-refractivity contribution in [2.45, 2.75) is 6.54 Å². The monoisotopic (exact) mass is 267 g/mol. The first kappa shape index (κ1) is 12.8. The Morgan fingerprint density at radius 3 is 2.85 bits per heavy atom. The van der Waals surface area contributed by atoms with Gasteiger partial charge in [0.1, 0.15) is 11.3 Å². The zero-order chi connectivity index (χ0) is 13.8. The zero-order valence-electron chi connectivity index (χ0n) is 11.5. The van der Waals surface area contributed by atoms with Gasteiger partial charge in [-0.2, -0.15) is 0 Å². The second-order valence-electron chi connectivity index (χ2n) is 4.87. The highest BCUT2D eigenvalue weighted by molar-refractivity contribution is 5.80. The van der Waals surface area contributed by atoms with Gasteiger partial charge in [-0.25, -0.2) is 0 Å². The lowest BCUT2D eigenvalue weighted by atomic mass is 10.1. The smallest absolute Gasteiger partial charge is 0.138 e. The van der Waals surface area contributed by atoms with Crippen LogP contribution < -0.4 is 0 Å². The van der Waals surface area contributed by atoms with Gasteiger partial charge in [-0.15, -0.1) is 0 Å². The molecule has 0 aliphatic rings. The van der Waals surface area contributed by atoms with Crippen molar-refractivity contribution < 1.29 is 8.83 Å². The second kappa shape index (κ2) is 5.80. The summed E-state index contributed by atoms with van der Waals surface area (Å²) in [6.07, 6.45) is 7.51. The number of para-hydroxylation sites is 1. The average Bonchev–Trinajstić information content (AvgIpc) is 3.09. The Morgan fingerprint density at radius 2 is 2.00 bits per heavy atom. The van der Waals surface area contributed by atoms with Crippen LogP contribution in [0.5, 0.6) is 0 Å². The van der Waals surface area contributed by atoms with E-state index >= 15 is 0 Å². The van der Waals surface area contributed by atoms with Crippen LogP contribution in [0.1, 0.15) is 11.3 Å². The van der Waals surface area contributed by atoms with Gasteiger partial charge in [-0.1, -0.05) is 24.3 Å².